The molecule has 0 saturated carbocycles. The van der Waals surface area contributed by atoms with Crippen LogP contribution in [0.4, 0.5) is 9.39 Å². The van der Waals surface area contributed by atoms with Crippen molar-refractivity contribution in [2.24, 2.45) is 0 Å². The molecule has 150 valence electrons. The van der Waals surface area contributed by atoms with E-state index in [1.165, 1.54) is 30.6 Å². The lowest BCUT2D eigenvalue weighted by Crippen LogP contribution is -2.14. The topological polar surface area (TPSA) is 64.6 Å². The van der Waals surface area contributed by atoms with E-state index in [0.717, 1.165) is 6.42 Å². The van der Waals surface area contributed by atoms with Crippen molar-refractivity contribution in [3.63, 3.8) is 0 Å². The summed E-state index contributed by atoms with van der Waals surface area (Å²) < 4.78 is 23.6. The molecule has 5 nitrogen and oxygen atoms in total. The SMILES string of the molecule is CCCOc1ccc(C(=O)Nc2scc(-c3ccc(F)cc3)c2C(=O)OC)cc1. The minimum Gasteiger partial charge on any atom is -0.494 e. The van der Waals surface area contributed by atoms with E-state index in [9.17, 15) is 14.0 Å². The van der Waals surface area contributed by atoms with E-state index in [1.807, 2.05) is 6.92 Å². The molecule has 1 aromatic heterocycles. The molecule has 0 spiro atoms. The quantitative estimate of drug-likeness (QED) is 0.528. The summed E-state index contributed by atoms with van der Waals surface area (Å²) in [5, 5.41) is 4.87. The van der Waals surface area contributed by atoms with E-state index in [-0.39, 0.29) is 17.3 Å². The first kappa shape index (κ1) is 20.5. The molecule has 1 heterocycles. The van der Waals surface area contributed by atoms with Crippen LogP contribution in [-0.2, 0) is 4.74 Å². The summed E-state index contributed by atoms with van der Waals surface area (Å²) in [4.78, 5) is 25.0. The number of rotatable bonds is 7. The molecule has 1 N–H and O–H groups in total. The van der Waals surface area contributed by atoms with Crippen LogP contribution in [0.1, 0.15) is 34.1 Å². The van der Waals surface area contributed by atoms with Crippen LogP contribution in [0.2, 0.25) is 0 Å². The van der Waals surface area contributed by atoms with Gasteiger partial charge in [-0.1, -0.05) is 19.1 Å². The number of halogens is 1. The molecule has 0 aliphatic rings. The fourth-order valence-electron chi connectivity index (χ4n) is 2.69. The van der Waals surface area contributed by atoms with Crippen LogP contribution < -0.4 is 10.1 Å². The fourth-order valence-corrected chi connectivity index (χ4v) is 3.65. The number of amides is 1. The zero-order valence-electron chi connectivity index (χ0n) is 16.0. The minimum atomic E-state index is -0.579. The number of hydrogen-bond acceptors (Lipinski definition) is 5. The number of anilines is 1. The highest BCUT2D eigenvalue weighted by Crippen LogP contribution is 2.36. The van der Waals surface area contributed by atoms with E-state index < -0.39 is 5.97 Å². The van der Waals surface area contributed by atoms with Crippen LogP contribution in [0, 0.1) is 5.82 Å². The van der Waals surface area contributed by atoms with Crippen LogP contribution in [-0.4, -0.2) is 25.6 Å². The lowest BCUT2D eigenvalue weighted by atomic mass is 10.0. The molecule has 0 bridgehead atoms. The Labute approximate surface area is 172 Å². The summed E-state index contributed by atoms with van der Waals surface area (Å²) in [7, 11) is 1.27. The molecule has 0 radical (unpaired) electrons. The van der Waals surface area contributed by atoms with Gasteiger partial charge in [0.15, 0.2) is 0 Å². The summed E-state index contributed by atoms with van der Waals surface area (Å²) in [5.74, 6) is -0.620. The molecule has 0 atom stereocenters. The van der Waals surface area contributed by atoms with Crippen LogP contribution in [0.3, 0.4) is 0 Å². The first-order valence-corrected chi connectivity index (χ1v) is 9.91. The number of esters is 1. The fraction of sp³-hybridized carbons (Fsp3) is 0.182. The van der Waals surface area contributed by atoms with Gasteiger partial charge in [0.1, 0.15) is 22.1 Å². The Morgan fingerprint density at radius 2 is 1.76 bits per heavy atom. The number of benzene rings is 2. The second-order valence-corrected chi connectivity index (χ2v) is 7.06. The number of nitrogens with one attached hydrogen (secondary N) is 1. The van der Waals surface area contributed by atoms with Gasteiger partial charge in [-0.3, -0.25) is 4.79 Å². The average molecular weight is 413 g/mol. The van der Waals surface area contributed by atoms with Crippen molar-refractivity contribution in [1.82, 2.24) is 0 Å². The smallest absolute Gasteiger partial charge is 0.341 e. The van der Waals surface area contributed by atoms with E-state index in [2.05, 4.69) is 5.32 Å². The molecule has 29 heavy (non-hydrogen) atoms. The standard InChI is InChI=1S/C22H20FNO4S/c1-3-12-28-17-10-6-15(7-11-17)20(25)24-21-19(22(26)27-2)18(13-29-21)14-4-8-16(23)9-5-14/h4-11,13H,3,12H2,1-2H3,(H,24,25). The van der Waals surface area contributed by atoms with Gasteiger partial charge in [0.25, 0.3) is 5.91 Å². The number of ether oxygens (including phenoxy) is 2. The van der Waals surface area contributed by atoms with E-state index >= 15 is 0 Å². The van der Waals surface area contributed by atoms with Crippen molar-refractivity contribution >= 4 is 28.2 Å². The summed E-state index contributed by atoms with van der Waals surface area (Å²) in [6.07, 6.45) is 0.896. The average Bonchev–Trinajstić information content (AvgIpc) is 3.16. The summed E-state index contributed by atoms with van der Waals surface area (Å²) in [6.45, 7) is 2.62. The predicted molar refractivity (Wildman–Crippen MR) is 111 cm³/mol. The molecule has 0 unspecified atom stereocenters. The molecule has 1 amide bonds. The Bertz CT molecular complexity index is 997. The van der Waals surface area contributed by atoms with Gasteiger partial charge in [-0.2, -0.15) is 0 Å². The maximum atomic E-state index is 13.2. The lowest BCUT2D eigenvalue weighted by Gasteiger charge is -2.09. The Kier molecular flexibility index (Phi) is 6.61. The normalized spacial score (nSPS) is 10.4. The molecule has 2 aromatic carbocycles. The Morgan fingerprint density at radius 3 is 2.38 bits per heavy atom. The van der Waals surface area contributed by atoms with Gasteiger partial charge in [-0.05, 0) is 48.4 Å². The molecule has 0 fully saturated rings. The van der Waals surface area contributed by atoms with Crippen molar-refractivity contribution in [2.75, 3.05) is 19.0 Å². The predicted octanol–water partition coefficient (Wildman–Crippen LogP) is 5.38. The second-order valence-electron chi connectivity index (χ2n) is 6.18. The van der Waals surface area contributed by atoms with E-state index in [4.69, 9.17) is 9.47 Å². The van der Waals surface area contributed by atoms with Gasteiger partial charge in [0.05, 0.1) is 13.7 Å². The van der Waals surface area contributed by atoms with Gasteiger partial charge in [0.2, 0.25) is 0 Å². The summed E-state index contributed by atoms with van der Waals surface area (Å²) in [5.41, 5.74) is 1.89. The van der Waals surface area contributed by atoms with Gasteiger partial charge in [-0.15, -0.1) is 11.3 Å². The molecule has 3 aromatic rings. The van der Waals surface area contributed by atoms with Crippen molar-refractivity contribution in [1.29, 1.82) is 0 Å². The molecular formula is C22H20FNO4S. The zero-order valence-corrected chi connectivity index (χ0v) is 16.8. The van der Waals surface area contributed by atoms with Crippen LogP contribution in [0.15, 0.2) is 53.9 Å². The second kappa shape index (κ2) is 9.34. The highest BCUT2D eigenvalue weighted by Gasteiger charge is 2.22. The van der Waals surface area contributed by atoms with Crippen LogP contribution in [0.5, 0.6) is 5.75 Å². The maximum absolute atomic E-state index is 13.2. The Balaban J connectivity index is 1.85. The monoisotopic (exact) mass is 413 g/mol. The maximum Gasteiger partial charge on any atom is 0.341 e. The number of hydrogen-bond donors (Lipinski definition) is 1. The van der Waals surface area contributed by atoms with Crippen LogP contribution in [0.25, 0.3) is 11.1 Å². The third-order valence-electron chi connectivity index (χ3n) is 4.15. The molecular weight excluding hydrogens is 393 g/mol. The van der Waals surface area contributed by atoms with Gasteiger partial charge >= 0.3 is 5.97 Å². The minimum absolute atomic E-state index is 0.236. The molecule has 3 rings (SSSR count). The number of thiophene rings is 1. The largest absolute Gasteiger partial charge is 0.494 e. The lowest BCUT2D eigenvalue weighted by molar-refractivity contribution is 0.0603. The highest BCUT2D eigenvalue weighted by molar-refractivity contribution is 7.15. The molecule has 0 aliphatic carbocycles. The number of methoxy groups -OCH3 is 1. The number of carbonyl (C=O) groups is 2. The van der Waals surface area contributed by atoms with E-state index in [1.54, 1.807) is 41.8 Å². The van der Waals surface area contributed by atoms with E-state index in [0.29, 0.717) is 34.0 Å². The summed E-state index contributed by atoms with van der Waals surface area (Å²) >= 11 is 1.20. The van der Waals surface area contributed by atoms with Crippen molar-refractivity contribution in [3.8, 4) is 16.9 Å². The van der Waals surface area contributed by atoms with Gasteiger partial charge < -0.3 is 14.8 Å². The Morgan fingerprint density at radius 1 is 1.07 bits per heavy atom. The molecule has 0 aliphatic heterocycles. The summed E-state index contributed by atoms with van der Waals surface area (Å²) in [6, 6.07) is 12.5. The first-order valence-electron chi connectivity index (χ1n) is 9.03. The van der Waals surface area contributed by atoms with Crippen LogP contribution >= 0.6 is 11.3 Å². The highest BCUT2D eigenvalue weighted by atomic mass is 32.1. The van der Waals surface area contributed by atoms with Crippen molar-refractivity contribution in [2.45, 2.75) is 13.3 Å². The molecule has 7 heteroatoms. The number of carbonyl (C=O) groups excluding carboxylic acids is 2. The first-order chi connectivity index (χ1) is 14.0. The van der Waals surface area contributed by atoms with Gasteiger partial charge in [-0.25, -0.2) is 9.18 Å². The molecule has 0 saturated heterocycles. The Hall–Kier alpha value is -3.19. The van der Waals surface area contributed by atoms with Gasteiger partial charge in [0, 0.05) is 16.5 Å². The third kappa shape index (κ3) is 4.81. The van der Waals surface area contributed by atoms with Crippen molar-refractivity contribution in [3.05, 3.63) is 70.9 Å². The van der Waals surface area contributed by atoms with Crippen molar-refractivity contribution < 1.29 is 23.5 Å². The third-order valence-corrected chi connectivity index (χ3v) is 5.05. The zero-order chi connectivity index (χ0) is 20.8.